The third-order valence-electron chi connectivity index (χ3n) is 6.01. The molecule has 0 spiro atoms. The number of esters is 1. The summed E-state index contributed by atoms with van der Waals surface area (Å²) in [5, 5.41) is 0. The van der Waals surface area contributed by atoms with Crippen molar-refractivity contribution in [3.05, 3.63) is 76.8 Å². The van der Waals surface area contributed by atoms with Crippen LogP contribution in [0.15, 0.2) is 54.6 Å². The van der Waals surface area contributed by atoms with Gasteiger partial charge in [0.2, 0.25) is 11.5 Å². The van der Waals surface area contributed by atoms with Crippen LogP contribution in [0.3, 0.4) is 0 Å². The fourth-order valence-corrected chi connectivity index (χ4v) is 4.50. The molecule has 3 aliphatic heterocycles. The Bertz CT molecular complexity index is 1350. The number of rotatable bonds is 3. The van der Waals surface area contributed by atoms with Gasteiger partial charge in [0.05, 0.1) is 19.1 Å². The average molecular weight is 457 g/mol. The molecule has 0 fully saturated rings. The Kier molecular flexibility index (Phi) is 4.72. The molecular weight excluding hydrogens is 438 g/mol. The van der Waals surface area contributed by atoms with E-state index in [1.54, 1.807) is 43.8 Å². The van der Waals surface area contributed by atoms with Gasteiger partial charge < -0.3 is 23.7 Å². The maximum Gasteiger partial charge on any atom is 0.312 e. The molecule has 8 nitrogen and oxygen atoms in total. The van der Waals surface area contributed by atoms with Crippen LogP contribution < -0.4 is 23.7 Å². The van der Waals surface area contributed by atoms with E-state index >= 15 is 0 Å². The summed E-state index contributed by atoms with van der Waals surface area (Å²) < 4.78 is 28.6. The summed E-state index contributed by atoms with van der Waals surface area (Å²) in [6, 6.07) is 10.5. The third-order valence-corrected chi connectivity index (χ3v) is 6.01. The van der Waals surface area contributed by atoms with Crippen molar-refractivity contribution in [2.45, 2.75) is 12.3 Å². The molecule has 1 atom stereocenters. The molecule has 0 radical (unpaired) electrons. The van der Waals surface area contributed by atoms with Gasteiger partial charge in [0, 0.05) is 23.9 Å². The summed E-state index contributed by atoms with van der Waals surface area (Å²) >= 11 is 0. The highest BCUT2D eigenvalue weighted by molar-refractivity contribution is 6.15. The first-order valence-electron chi connectivity index (χ1n) is 10.8. The zero-order chi connectivity index (χ0) is 23.2. The Labute approximate surface area is 194 Å². The number of hydrogen-bond donors (Lipinski definition) is 0. The maximum absolute atomic E-state index is 13.1. The molecule has 3 aliphatic rings. The lowest BCUT2D eigenvalue weighted by atomic mass is 9.84. The van der Waals surface area contributed by atoms with Crippen LogP contribution >= 0.6 is 0 Å². The smallest absolute Gasteiger partial charge is 0.312 e. The van der Waals surface area contributed by atoms with E-state index < -0.39 is 5.92 Å². The standard InChI is InChI=1S/C26H19NO7/c1-30-20-10-15(11-21-26(20)32-8-7-31-21)17-12-22(28)33-18-5-4-16-24(29)19(34-25(16)23(17)18)9-14-3-2-6-27-13-14/h2-6,9-11,13,17H,7-8,12H2,1H3. The third kappa shape index (κ3) is 3.26. The number of carbonyl (C=O) groups is 2. The number of ketones is 1. The highest BCUT2D eigenvalue weighted by Crippen LogP contribution is 2.51. The number of benzene rings is 2. The number of hydrogen-bond acceptors (Lipinski definition) is 8. The van der Waals surface area contributed by atoms with Crippen LogP contribution in [0.25, 0.3) is 6.08 Å². The number of nitrogens with zero attached hydrogens (tertiary/aromatic N) is 1. The van der Waals surface area contributed by atoms with Crippen molar-refractivity contribution < 1.29 is 33.3 Å². The summed E-state index contributed by atoms with van der Waals surface area (Å²) in [5.74, 6) is 1.49. The van der Waals surface area contributed by atoms with E-state index in [0.717, 1.165) is 11.1 Å². The van der Waals surface area contributed by atoms with Gasteiger partial charge in [-0.25, -0.2) is 0 Å². The fourth-order valence-electron chi connectivity index (χ4n) is 4.50. The van der Waals surface area contributed by atoms with E-state index in [4.69, 9.17) is 23.7 Å². The van der Waals surface area contributed by atoms with Gasteiger partial charge >= 0.3 is 5.97 Å². The fraction of sp³-hybridized carbons (Fsp3) is 0.192. The Hall–Kier alpha value is -4.33. The summed E-state index contributed by atoms with van der Waals surface area (Å²) in [6.45, 7) is 0.842. The highest BCUT2D eigenvalue weighted by Gasteiger charge is 2.39. The predicted octanol–water partition coefficient (Wildman–Crippen LogP) is 3.92. The normalized spacial score (nSPS) is 19.2. The van der Waals surface area contributed by atoms with Gasteiger partial charge in [0.15, 0.2) is 17.3 Å². The SMILES string of the molecule is COc1cc(C2CC(=O)Oc3ccc4c(c32)OC(=Cc2cccnc2)C4=O)cc2c1OCCO2. The number of pyridine rings is 1. The van der Waals surface area contributed by atoms with Crippen molar-refractivity contribution in [2.24, 2.45) is 0 Å². The largest absolute Gasteiger partial charge is 0.493 e. The molecule has 170 valence electrons. The first-order chi connectivity index (χ1) is 16.6. The zero-order valence-electron chi connectivity index (χ0n) is 18.2. The van der Waals surface area contributed by atoms with Crippen molar-refractivity contribution in [1.82, 2.24) is 4.98 Å². The number of aromatic nitrogens is 1. The molecule has 2 aromatic carbocycles. The monoisotopic (exact) mass is 457 g/mol. The molecule has 0 aliphatic carbocycles. The molecule has 0 N–H and O–H groups in total. The van der Waals surface area contributed by atoms with E-state index in [1.807, 2.05) is 18.2 Å². The minimum Gasteiger partial charge on any atom is -0.493 e. The number of allylic oxidation sites excluding steroid dienone is 1. The van der Waals surface area contributed by atoms with Gasteiger partial charge in [-0.15, -0.1) is 0 Å². The van der Waals surface area contributed by atoms with E-state index in [1.165, 1.54) is 0 Å². The van der Waals surface area contributed by atoms with Gasteiger partial charge in [0.25, 0.3) is 0 Å². The van der Waals surface area contributed by atoms with Crippen molar-refractivity contribution in [2.75, 3.05) is 20.3 Å². The highest BCUT2D eigenvalue weighted by atomic mass is 16.6. The van der Waals surface area contributed by atoms with Crippen LogP contribution in [0.1, 0.15) is 39.4 Å². The van der Waals surface area contributed by atoms with Gasteiger partial charge in [-0.1, -0.05) is 6.07 Å². The van der Waals surface area contributed by atoms with Crippen LogP contribution in [-0.4, -0.2) is 37.1 Å². The number of ether oxygens (including phenoxy) is 5. The molecule has 3 aromatic rings. The van der Waals surface area contributed by atoms with Crippen LogP contribution in [0.2, 0.25) is 0 Å². The number of carbonyl (C=O) groups excluding carboxylic acids is 2. The summed E-state index contributed by atoms with van der Waals surface area (Å²) in [4.78, 5) is 29.7. The van der Waals surface area contributed by atoms with Gasteiger partial charge in [-0.3, -0.25) is 14.6 Å². The van der Waals surface area contributed by atoms with E-state index in [0.29, 0.717) is 53.1 Å². The summed E-state index contributed by atoms with van der Waals surface area (Å²) in [6.07, 6.45) is 5.03. The van der Waals surface area contributed by atoms with Crippen molar-refractivity contribution >= 4 is 17.8 Å². The first kappa shape index (κ1) is 20.3. The number of Topliss-reactive ketones (excluding diaryl/α,β-unsaturated/α-hetero) is 1. The molecule has 0 saturated carbocycles. The Balaban J connectivity index is 1.48. The number of methoxy groups -OCH3 is 1. The lowest BCUT2D eigenvalue weighted by Crippen LogP contribution is -2.22. The molecule has 1 unspecified atom stereocenters. The van der Waals surface area contributed by atoms with E-state index in [-0.39, 0.29) is 23.9 Å². The Morgan fingerprint density at radius 3 is 2.74 bits per heavy atom. The molecular formula is C26H19NO7. The molecule has 34 heavy (non-hydrogen) atoms. The van der Waals surface area contributed by atoms with Crippen molar-refractivity contribution in [3.8, 4) is 28.7 Å². The van der Waals surface area contributed by atoms with E-state index in [9.17, 15) is 9.59 Å². The second-order valence-corrected chi connectivity index (χ2v) is 8.06. The minimum atomic E-state index is -0.429. The maximum atomic E-state index is 13.1. The first-order valence-corrected chi connectivity index (χ1v) is 10.8. The second kappa shape index (κ2) is 7.91. The van der Waals surface area contributed by atoms with Crippen molar-refractivity contribution in [3.63, 3.8) is 0 Å². The minimum absolute atomic E-state index is 0.0749. The molecule has 0 amide bonds. The molecule has 0 bridgehead atoms. The lowest BCUT2D eigenvalue weighted by Gasteiger charge is -2.28. The van der Waals surface area contributed by atoms with Gasteiger partial charge in [-0.2, -0.15) is 0 Å². The second-order valence-electron chi connectivity index (χ2n) is 8.06. The summed E-state index contributed by atoms with van der Waals surface area (Å²) in [5.41, 5.74) is 2.57. The van der Waals surface area contributed by atoms with Crippen molar-refractivity contribution in [1.29, 1.82) is 0 Å². The quantitative estimate of drug-likeness (QED) is 0.332. The Morgan fingerprint density at radius 2 is 1.91 bits per heavy atom. The molecule has 1 aromatic heterocycles. The topological polar surface area (TPSA) is 93.2 Å². The van der Waals surface area contributed by atoms with E-state index in [2.05, 4.69) is 4.98 Å². The van der Waals surface area contributed by atoms with Crippen LogP contribution in [0, 0.1) is 0 Å². The number of fused-ring (bicyclic) bond motifs is 4. The molecule has 0 saturated heterocycles. The molecule has 8 heteroatoms. The molecule has 4 heterocycles. The Morgan fingerprint density at radius 1 is 1.03 bits per heavy atom. The lowest BCUT2D eigenvalue weighted by molar-refractivity contribution is -0.135. The van der Waals surface area contributed by atoms with Crippen LogP contribution in [0.5, 0.6) is 28.7 Å². The van der Waals surface area contributed by atoms with Crippen LogP contribution in [0.4, 0.5) is 0 Å². The summed E-state index contributed by atoms with van der Waals surface area (Å²) in [7, 11) is 1.55. The average Bonchev–Trinajstić information content (AvgIpc) is 3.18. The van der Waals surface area contributed by atoms with Crippen LogP contribution in [-0.2, 0) is 4.79 Å². The zero-order valence-corrected chi connectivity index (χ0v) is 18.2. The molecule has 6 rings (SSSR count). The predicted molar refractivity (Wildman–Crippen MR) is 120 cm³/mol. The van der Waals surface area contributed by atoms with Gasteiger partial charge in [-0.05, 0) is 47.5 Å². The van der Waals surface area contributed by atoms with Gasteiger partial charge in [0.1, 0.15) is 24.7 Å².